The van der Waals surface area contributed by atoms with Gasteiger partial charge in [0.05, 0.1) is 6.54 Å². The predicted molar refractivity (Wildman–Crippen MR) is 70.4 cm³/mol. The van der Waals surface area contributed by atoms with Crippen LogP contribution in [0.15, 0.2) is 36.9 Å². The van der Waals surface area contributed by atoms with Crippen molar-refractivity contribution in [1.82, 2.24) is 20.1 Å². The van der Waals surface area contributed by atoms with E-state index < -0.39 is 0 Å². The molecule has 17 heavy (non-hydrogen) atoms. The van der Waals surface area contributed by atoms with Gasteiger partial charge in [-0.15, -0.1) is 12.4 Å². The Hall–Kier alpha value is -1.10. The van der Waals surface area contributed by atoms with E-state index in [0.717, 1.165) is 24.7 Å². The molecule has 0 radical (unpaired) electrons. The Labute approximate surface area is 111 Å². The Morgan fingerprint density at radius 1 is 1.24 bits per heavy atom. The lowest BCUT2D eigenvalue weighted by Gasteiger charge is -2.04. The monoisotopic (exact) mass is 272 g/mol. The molecule has 1 heterocycles. The third kappa shape index (κ3) is 4.73. The second kappa shape index (κ2) is 7.27. The van der Waals surface area contributed by atoms with Crippen LogP contribution in [0, 0.1) is 0 Å². The first-order chi connectivity index (χ1) is 7.84. The summed E-state index contributed by atoms with van der Waals surface area (Å²) < 4.78 is 1.80. The van der Waals surface area contributed by atoms with Gasteiger partial charge in [-0.05, 0) is 17.7 Å². The van der Waals surface area contributed by atoms with E-state index >= 15 is 0 Å². The zero-order valence-corrected chi connectivity index (χ0v) is 10.8. The molecule has 1 N–H and O–H groups in total. The molecule has 2 rings (SSSR count). The molecule has 2 aromatic rings. The molecule has 0 spiro atoms. The van der Waals surface area contributed by atoms with Crippen molar-refractivity contribution in [3.8, 4) is 0 Å². The van der Waals surface area contributed by atoms with Crippen LogP contribution in [0.3, 0.4) is 0 Å². The largest absolute Gasteiger partial charge is 0.311 e. The molecule has 1 aromatic carbocycles. The van der Waals surface area contributed by atoms with E-state index in [1.165, 1.54) is 5.56 Å². The highest BCUT2D eigenvalue weighted by Crippen LogP contribution is 2.08. The maximum absolute atomic E-state index is 5.80. The Morgan fingerprint density at radius 2 is 2.00 bits per heavy atom. The van der Waals surface area contributed by atoms with Gasteiger partial charge in [0.25, 0.3) is 0 Å². The van der Waals surface area contributed by atoms with Gasteiger partial charge in [0, 0.05) is 18.1 Å². The Bertz CT molecular complexity index is 414. The first-order valence-electron chi connectivity index (χ1n) is 5.12. The lowest BCUT2D eigenvalue weighted by molar-refractivity contribution is 0.554. The molecule has 6 heteroatoms. The van der Waals surface area contributed by atoms with Crippen molar-refractivity contribution in [2.75, 3.05) is 6.54 Å². The number of rotatable bonds is 5. The first kappa shape index (κ1) is 14.0. The summed E-state index contributed by atoms with van der Waals surface area (Å²) in [7, 11) is 0. The highest BCUT2D eigenvalue weighted by molar-refractivity contribution is 6.30. The quantitative estimate of drug-likeness (QED) is 0.849. The maximum Gasteiger partial charge on any atom is 0.137 e. The summed E-state index contributed by atoms with van der Waals surface area (Å²) in [6.45, 7) is 2.53. The number of nitrogens with one attached hydrogen (secondary N) is 1. The van der Waals surface area contributed by atoms with E-state index in [2.05, 4.69) is 15.4 Å². The number of halogens is 2. The normalized spacial score (nSPS) is 9.94. The maximum atomic E-state index is 5.80. The minimum Gasteiger partial charge on any atom is -0.311 e. The van der Waals surface area contributed by atoms with Crippen molar-refractivity contribution in [2.24, 2.45) is 0 Å². The van der Waals surface area contributed by atoms with Gasteiger partial charge < -0.3 is 5.32 Å². The molecular formula is C11H14Cl2N4. The third-order valence-electron chi connectivity index (χ3n) is 2.23. The van der Waals surface area contributed by atoms with Gasteiger partial charge in [-0.25, -0.2) is 4.98 Å². The van der Waals surface area contributed by atoms with E-state index in [4.69, 9.17) is 11.6 Å². The fourth-order valence-corrected chi connectivity index (χ4v) is 1.50. The molecule has 92 valence electrons. The highest BCUT2D eigenvalue weighted by atomic mass is 35.5. The van der Waals surface area contributed by atoms with Crippen molar-refractivity contribution in [3.63, 3.8) is 0 Å². The molecular weight excluding hydrogens is 259 g/mol. The van der Waals surface area contributed by atoms with Crippen molar-refractivity contribution >= 4 is 24.0 Å². The summed E-state index contributed by atoms with van der Waals surface area (Å²) in [5.41, 5.74) is 1.22. The van der Waals surface area contributed by atoms with Gasteiger partial charge >= 0.3 is 0 Å². The number of nitrogens with zero attached hydrogens (tertiary/aromatic N) is 3. The second-order valence-corrected chi connectivity index (χ2v) is 3.90. The second-order valence-electron chi connectivity index (χ2n) is 3.46. The number of aromatic nitrogens is 3. The van der Waals surface area contributed by atoms with Gasteiger partial charge in [0.1, 0.15) is 12.7 Å². The Morgan fingerprint density at radius 3 is 2.65 bits per heavy atom. The highest BCUT2D eigenvalue weighted by Gasteiger charge is 1.94. The molecule has 0 aliphatic heterocycles. The Balaban J connectivity index is 0.00000144. The van der Waals surface area contributed by atoms with Crippen LogP contribution in [0.5, 0.6) is 0 Å². The zero-order valence-electron chi connectivity index (χ0n) is 9.21. The van der Waals surface area contributed by atoms with Crippen LogP contribution in [0.4, 0.5) is 0 Å². The molecule has 0 amide bonds. The molecule has 0 saturated carbocycles. The van der Waals surface area contributed by atoms with E-state index in [0.29, 0.717) is 0 Å². The van der Waals surface area contributed by atoms with Gasteiger partial charge in [0.15, 0.2) is 0 Å². The molecule has 0 saturated heterocycles. The standard InChI is InChI=1S/C11H13ClN4.ClH/c12-11-3-1-10(2-4-11)7-13-5-6-16-9-14-8-15-16;/h1-4,8-9,13H,5-7H2;1H. The van der Waals surface area contributed by atoms with E-state index in [1.54, 1.807) is 17.3 Å². The van der Waals surface area contributed by atoms with E-state index in [-0.39, 0.29) is 12.4 Å². The number of hydrogen-bond donors (Lipinski definition) is 1. The van der Waals surface area contributed by atoms with Crippen LogP contribution in [0.25, 0.3) is 0 Å². The van der Waals surface area contributed by atoms with Crippen molar-refractivity contribution in [2.45, 2.75) is 13.1 Å². The fraction of sp³-hybridized carbons (Fsp3) is 0.273. The van der Waals surface area contributed by atoms with E-state index in [9.17, 15) is 0 Å². The van der Waals surface area contributed by atoms with Crippen LogP contribution >= 0.6 is 24.0 Å². The molecule has 0 fully saturated rings. The fourth-order valence-electron chi connectivity index (χ4n) is 1.38. The van der Waals surface area contributed by atoms with Gasteiger partial charge in [-0.3, -0.25) is 4.68 Å². The summed E-state index contributed by atoms with van der Waals surface area (Å²) in [4.78, 5) is 3.88. The van der Waals surface area contributed by atoms with Crippen LogP contribution in [-0.2, 0) is 13.1 Å². The van der Waals surface area contributed by atoms with Crippen LogP contribution in [0.1, 0.15) is 5.56 Å². The first-order valence-corrected chi connectivity index (χ1v) is 5.50. The zero-order chi connectivity index (χ0) is 11.2. The van der Waals surface area contributed by atoms with Gasteiger partial charge in [-0.1, -0.05) is 23.7 Å². The molecule has 0 unspecified atom stereocenters. The number of benzene rings is 1. The van der Waals surface area contributed by atoms with Gasteiger partial charge in [-0.2, -0.15) is 5.10 Å². The topological polar surface area (TPSA) is 42.7 Å². The van der Waals surface area contributed by atoms with Gasteiger partial charge in [0.2, 0.25) is 0 Å². The molecule has 4 nitrogen and oxygen atoms in total. The smallest absolute Gasteiger partial charge is 0.137 e. The minimum atomic E-state index is 0. The average molecular weight is 273 g/mol. The minimum absolute atomic E-state index is 0. The summed E-state index contributed by atoms with van der Waals surface area (Å²) in [5, 5.41) is 8.12. The van der Waals surface area contributed by atoms with Crippen molar-refractivity contribution in [1.29, 1.82) is 0 Å². The third-order valence-corrected chi connectivity index (χ3v) is 2.48. The Kier molecular flexibility index (Phi) is 5.97. The summed E-state index contributed by atoms with van der Waals surface area (Å²) in [5.74, 6) is 0. The molecule has 0 aliphatic rings. The SMILES string of the molecule is Cl.Clc1ccc(CNCCn2cncn2)cc1. The lowest BCUT2D eigenvalue weighted by Crippen LogP contribution is -2.19. The predicted octanol–water partition coefficient (Wildman–Crippen LogP) is 2.14. The summed E-state index contributed by atoms with van der Waals surface area (Å²) >= 11 is 5.80. The van der Waals surface area contributed by atoms with Crippen molar-refractivity contribution < 1.29 is 0 Å². The average Bonchev–Trinajstić information content (AvgIpc) is 2.80. The summed E-state index contributed by atoms with van der Waals surface area (Å²) in [6, 6.07) is 7.83. The van der Waals surface area contributed by atoms with Crippen LogP contribution < -0.4 is 5.32 Å². The summed E-state index contributed by atoms with van der Waals surface area (Å²) in [6.07, 6.45) is 3.25. The van der Waals surface area contributed by atoms with E-state index in [1.807, 2.05) is 24.3 Å². The van der Waals surface area contributed by atoms with Crippen molar-refractivity contribution in [3.05, 3.63) is 47.5 Å². The molecule has 1 aromatic heterocycles. The number of hydrogen-bond acceptors (Lipinski definition) is 3. The molecule has 0 aliphatic carbocycles. The molecule has 0 atom stereocenters. The van der Waals surface area contributed by atoms with Crippen LogP contribution in [0.2, 0.25) is 5.02 Å². The van der Waals surface area contributed by atoms with Crippen LogP contribution in [-0.4, -0.2) is 21.3 Å². The lowest BCUT2D eigenvalue weighted by atomic mass is 10.2. The molecule has 0 bridgehead atoms.